The van der Waals surface area contributed by atoms with Crippen molar-refractivity contribution < 1.29 is 0 Å². The molecule has 0 aliphatic carbocycles. The Labute approximate surface area is 100 Å². The van der Waals surface area contributed by atoms with Crippen LogP contribution in [-0.4, -0.2) is 12.6 Å². The normalized spacial score (nSPS) is 13.0. The van der Waals surface area contributed by atoms with Gasteiger partial charge in [-0.3, -0.25) is 0 Å². The third kappa shape index (κ3) is 4.80. The number of hydrogen-bond acceptors (Lipinski definition) is 1. The van der Waals surface area contributed by atoms with Gasteiger partial charge in [0.25, 0.3) is 0 Å². The predicted octanol–water partition coefficient (Wildman–Crippen LogP) is 3.64. The largest absolute Gasteiger partial charge is 0.314 e. The van der Waals surface area contributed by atoms with Gasteiger partial charge in [0.15, 0.2) is 0 Å². The van der Waals surface area contributed by atoms with E-state index in [9.17, 15) is 0 Å². The molecule has 0 saturated carbocycles. The number of benzene rings is 1. The third-order valence-electron chi connectivity index (χ3n) is 3.14. The molecule has 0 amide bonds. The van der Waals surface area contributed by atoms with Crippen molar-refractivity contribution in [3.8, 4) is 0 Å². The Kier molecular flexibility index (Phi) is 6.17. The van der Waals surface area contributed by atoms with Crippen LogP contribution in [-0.2, 0) is 6.42 Å². The summed E-state index contributed by atoms with van der Waals surface area (Å²) < 4.78 is 0. The fraction of sp³-hybridized carbons (Fsp3) is 0.600. The molecule has 1 nitrogen and oxygen atoms in total. The molecule has 90 valence electrons. The molecule has 0 fully saturated rings. The van der Waals surface area contributed by atoms with Gasteiger partial charge in [-0.15, -0.1) is 0 Å². The van der Waals surface area contributed by atoms with Crippen molar-refractivity contribution in [3.05, 3.63) is 35.9 Å². The molecule has 1 aromatic carbocycles. The van der Waals surface area contributed by atoms with Crippen molar-refractivity contribution in [2.24, 2.45) is 5.92 Å². The van der Waals surface area contributed by atoms with E-state index >= 15 is 0 Å². The van der Waals surface area contributed by atoms with Crippen molar-refractivity contribution in [3.63, 3.8) is 0 Å². The molecule has 1 heteroatoms. The topological polar surface area (TPSA) is 12.0 Å². The number of aryl methyl sites for hydroxylation is 1. The van der Waals surface area contributed by atoms with Gasteiger partial charge in [-0.1, -0.05) is 51.1 Å². The van der Waals surface area contributed by atoms with Crippen LogP contribution in [0.4, 0.5) is 0 Å². The Bertz CT molecular complexity index is 266. The van der Waals surface area contributed by atoms with E-state index in [0.29, 0.717) is 6.04 Å². The lowest BCUT2D eigenvalue weighted by Crippen LogP contribution is -2.33. The van der Waals surface area contributed by atoms with Gasteiger partial charge in [-0.25, -0.2) is 0 Å². The lowest BCUT2D eigenvalue weighted by atomic mass is 10.0. The van der Waals surface area contributed by atoms with Gasteiger partial charge in [-0.2, -0.15) is 0 Å². The van der Waals surface area contributed by atoms with Crippen molar-refractivity contribution in [2.45, 2.75) is 46.1 Å². The van der Waals surface area contributed by atoms with Gasteiger partial charge in [0.05, 0.1) is 0 Å². The van der Waals surface area contributed by atoms with E-state index in [-0.39, 0.29) is 0 Å². The molecule has 0 aliphatic rings. The Morgan fingerprint density at radius 1 is 1.12 bits per heavy atom. The fourth-order valence-electron chi connectivity index (χ4n) is 2.08. The van der Waals surface area contributed by atoms with Gasteiger partial charge < -0.3 is 5.32 Å². The van der Waals surface area contributed by atoms with E-state index in [1.165, 1.54) is 24.8 Å². The lowest BCUT2D eigenvalue weighted by Gasteiger charge is -2.20. The zero-order chi connectivity index (χ0) is 11.8. The highest BCUT2D eigenvalue weighted by Crippen LogP contribution is 2.06. The molecule has 1 rings (SSSR count). The predicted molar refractivity (Wildman–Crippen MR) is 71.7 cm³/mol. The van der Waals surface area contributed by atoms with Crippen LogP contribution in [0, 0.1) is 5.92 Å². The van der Waals surface area contributed by atoms with Crippen molar-refractivity contribution in [2.75, 3.05) is 6.54 Å². The maximum atomic E-state index is 3.64. The van der Waals surface area contributed by atoms with Crippen LogP contribution in [0.3, 0.4) is 0 Å². The van der Waals surface area contributed by atoms with Crippen molar-refractivity contribution in [1.29, 1.82) is 0 Å². The molecule has 0 saturated heterocycles. The minimum atomic E-state index is 0.677. The Morgan fingerprint density at radius 2 is 1.81 bits per heavy atom. The average Bonchev–Trinajstić information content (AvgIpc) is 2.30. The number of nitrogens with one attached hydrogen (secondary N) is 1. The van der Waals surface area contributed by atoms with E-state index in [2.05, 4.69) is 56.4 Å². The van der Waals surface area contributed by atoms with E-state index < -0.39 is 0 Å². The number of hydrogen-bond donors (Lipinski definition) is 1. The standard InChI is InChI=1S/C15H25N/c1-4-15(13(2)3)16-12-8-11-14-9-6-5-7-10-14/h5-7,9-10,13,15-16H,4,8,11-12H2,1-3H3. The first-order chi connectivity index (χ1) is 7.74. The van der Waals surface area contributed by atoms with Gasteiger partial charge in [0.2, 0.25) is 0 Å². The molecule has 0 bridgehead atoms. The summed E-state index contributed by atoms with van der Waals surface area (Å²) in [6.07, 6.45) is 3.64. The van der Waals surface area contributed by atoms with Gasteiger partial charge in [0.1, 0.15) is 0 Å². The molecule has 1 atom stereocenters. The first-order valence-electron chi connectivity index (χ1n) is 6.51. The van der Waals surface area contributed by atoms with Crippen LogP contribution < -0.4 is 5.32 Å². The first kappa shape index (κ1) is 13.2. The maximum absolute atomic E-state index is 3.64. The summed E-state index contributed by atoms with van der Waals surface area (Å²) in [5.74, 6) is 0.738. The second kappa shape index (κ2) is 7.45. The highest BCUT2D eigenvalue weighted by atomic mass is 14.9. The highest BCUT2D eigenvalue weighted by molar-refractivity contribution is 5.14. The van der Waals surface area contributed by atoms with E-state index in [4.69, 9.17) is 0 Å². The molecule has 0 radical (unpaired) electrons. The second-order valence-corrected chi connectivity index (χ2v) is 4.80. The molecule has 0 spiro atoms. The minimum absolute atomic E-state index is 0.677. The summed E-state index contributed by atoms with van der Waals surface area (Å²) >= 11 is 0. The molecular formula is C15H25N. The van der Waals surface area contributed by atoms with Gasteiger partial charge in [0, 0.05) is 6.04 Å². The Balaban J connectivity index is 2.16. The van der Waals surface area contributed by atoms with Crippen molar-refractivity contribution >= 4 is 0 Å². The number of rotatable bonds is 7. The summed E-state index contributed by atoms with van der Waals surface area (Å²) in [7, 11) is 0. The molecule has 1 aromatic rings. The van der Waals surface area contributed by atoms with Gasteiger partial charge in [-0.05, 0) is 37.3 Å². The molecule has 16 heavy (non-hydrogen) atoms. The summed E-state index contributed by atoms with van der Waals surface area (Å²) in [6, 6.07) is 11.4. The summed E-state index contributed by atoms with van der Waals surface area (Å²) in [5.41, 5.74) is 1.45. The summed E-state index contributed by atoms with van der Waals surface area (Å²) in [6.45, 7) is 7.97. The highest BCUT2D eigenvalue weighted by Gasteiger charge is 2.08. The van der Waals surface area contributed by atoms with Crippen LogP contribution >= 0.6 is 0 Å². The molecular weight excluding hydrogens is 194 g/mol. The monoisotopic (exact) mass is 219 g/mol. The third-order valence-corrected chi connectivity index (χ3v) is 3.14. The molecule has 0 aliphatic heterocycles. The molecule has 0 aromatic heterocycles. The van der Waals surface area contributed by atoms with E-state index in [0.717, 1.165) is 12.5 Å². The minimum Gasteiger partial charge on any atom is -0.314 e. The van der Waals surface area contributed by atoms with E-state index in [1.807, 2.05) is 0 Å². The zero-order valence-corrected chi connectivity index (χ0v) is 10.9. The summed E-state index contributed by atoms with van der Waals surface area (Å²) in [4.78, 5) is 0. The molecule has 1 unspecified atom stereocenters. The summed E-state index contributed by atoms with van der Waals surface area (Å²) in [5, 5.41) is 3.64. The first-order valence-corrected chi connectivity index (χ1v) is 6.51. The molecule has 1 N–H and O–H groups in total. The second-order valence-electron chi connectivity index (χ2n) is 4.80. The molecule has 0 heterocycles. The Hall–Kier alpha value is -0.820. The zero-order valence-electron chi connectivity index (χ0n) is 10.9. The van der Waals surface area contributed by atoms with Crippen LogP contribution in [0.15, 0.2) is 30.3 Å². The van der Waals surface area contributed by atoms with Gasteiger partial charge >= 0.3 is 0 Å². The van der Waals surface area contributed by atoms with Crippen LogP contribution in [0.5, 0.6) is 0 Å². The van der Waals surface area contributed by atoms with Crippen LogP contribution in [0.25, 0.3) is 0 Å². The van der Waals surface area contributed by atoms with E-state index in [1.54, 1.807) is 0 Å². The van der Waals surface area contributed by atoms with Crippen LogP contribution in [0.2, 0.25) is 0 Å². The quantitative estimate of drug-likeness (QED) is 0.690. The fourth-order valence-corrected chi connectivity index (χ4v) is 2.08. The maximum Gasteiger partial charge on any atom is 0.00874 e. The average molecular weight is 219 g/mol. The van der Waals surface area contributed by atoms with Crippen molar-refractivity contribution in [1.82, 2.24) is 5.32 Å². The SMILES string of the molecule is CCC(NCCCc1ccccc1)C(C)C. The lowest BCUT2D eigenvalue weighted by molar-refractivity contribution is 0.387. The smallest absolute Gasteiger partial charge is 0.00874 e. The van der Waals surface area contributed by atoms with Crippen LogP contribution in [0.1, 0.15) is 39.2 Å². The Morgan fingerprint density at radius 3 is 2.38 bits per heavy atom.